The van der Waals surface area contributed by atoms with Crippen molar-refractivity contribution in [1.82, 2.24) is 15.5 Å². The van der Waals surface area contributed by atoms with E-state index in [-0.39, 0.29) is 38.3 Å². The van der Waals surface area contributed by atoms with Gasteiger partial charge in [0.1, 0.15) is 18.1 Å². The minimum atomic E-state index is -1.17. The molecule has 11 heteroatoms. The first kappa shape index (κ1) is 24.3. The van der Waals surface area contributed by atoms with Crippen LogP contribution in [0.1, 0.15) is 46.0 Å². The number of amides is 3. The molecule has 3 amide bonds. The molecular formula is C18H30N4O7. The fourth-order valence-corrected chi connectivity index (χ4v) is 3.24. The first-order valence-corrected chi connectivity index (χ1v) is 9.61. The number of nitrogens with one attached hydrogen (secondary N) is 2. The van der Waals surface area contributed by atoms with Crippen LogP contribution in [-0.2, 0) is 24.0 Å². The zero-order valence-corrected chi connectivity index (χ0v) is 16.7. The average Bonchev–Trinajstić information content (AvgIpc) is 3.13. The quantitative estimate of drug-likeness (QED) is 0.283. The second kappa shape index (κ2) is 11.3. The Morgan fingerprint density at radius 3 is 2.28 bits per heavy atom. The number of carbonyl (C=O) groups is 5. The monoisotopic (exact) mass is 414 g/mol. The Kier molecular flexibility index (Phi) is 9.53. The van der Waals surface area contributed by atoms with E-state index in [0.717, 1.165) is 0 Å². The van der Waals surface area contributed by atoms with Crippen molar-refractivity contribution in [3.63, 3.8) is 0 Å². The van der Waals surface area contributed by atoms with Crippen LogP contribution in [0, 0.1) is 5.92 Å². The maximum atomic E-state index is 12.9. The van der Waals surface area contributed by atoms with Gasteiger partial charge in [0.25, 0.3) is 0 Å². The second-order valence-electron chi connectivity index (χ2n) is 7.48. The largest absolute Gasteiger partial charge is 0.481 e. The lowest BCUT2D eigenvalue weighted by Gasteiger charge is -2.29. The van der Waals surface area contributed by atoms with Gasteiger partial charge in [-0.25, -0.2) is 4.79 Å². The molecule has 3 unspecified atom stereocenters. The highest BCUT2D eigenvalue weighted by molar-refractivity contribution is 5.94. The molecule has 1 saturated heterocycles. The lowest BCUT2D eigenvalue weighted by molar-refractivity contribution is -0.149. The average molecular weight is 414 g/mol. The van der Waals surface area contributed by atoms with Crippen LogP contribution in [-0.4, -0.2) is 76.0 Å². The van der Waals surface area contributed by atoms with Gasteiger partial charge in [-0.3, -0.25) is 19.2 Å². The third-order valence-corrected chi connectivity index (χ3v) is 4.63. The molecule has 1 rings (SSSR count). The molecule has 1 aliphatic heterocycles. The molecule has 0 aliphatic carbocycles. The van der Waals surface area contributed by atoms with Gasteiger partial charge in [0.05, 0.1) is 6.54 Å². The number of nitrogens with two attached hydrogens (primary N) is 1. The van der Waals surface area contributed by atoms with E-state index < -0.39 is 47.8 Å². The maximum Gasteiger partial charge on any atom is 0.326 e. The van der Waals surface area contributed by atoms with E-state index in [9.17, 15) is 29.1 Å². The first-order chi connectivity index (χ1) is 13.6. The summed E-state index contributed by atoms with van der Waals surface area (Å²) in [7, 11) is 0. The number of carboxylic acid groups (broad SMARTS) is 2. The fraction of sp³-hybridized carbons (Fsp3) is 0.722. The molecule has 1 aliphatic rings. The summed E-state index contributed by atoms with van der Waals surface area (Å²) in [6.45, 7) is 3.61. The second-order valence-corrected chi connectivity index (χ2v) is 7.48. The molecular weight excluding hydrogens is 384 g/mol. The van der Waals surface area contributed by atoms with Gasteiger partial charge in [-0.05, 0) is 31.6 Å². The van der Waals surface area contributed by atoms with E-state index in [2.05, 4.69) is 10.6 Å². The van der Waals surface area contributed by atoms with Crippen molar-refractivity contribution in [3.05, 3.63) is 0 Å². The molecule has 11 nitrogen and oxygen atoms in total. The zero-order chi connectivity index (χ0) is 22.1. The molecule has 29 heavy (non-hydrogen) atoms. The summed E-state index contributed by atoms with van der Waals surface area (Å²) < 4.78 is 0. The van der Waals surface area contributed by atoms with Crippen molar-refractivity contribution >= 4 is 29.7 Å². The summed E-state index contributed by atoms with van der Waals surface area (Å²) >= 11 is 0. The lowest BCUT2D eigenvalue weighted by Crippen LogP contribution is -2.56. The van der Waals surface area contributed by atoms with E-state index in [4.69, 9.17) is 10.8 Å². The van der Waals surface area contributed by atoms with E-state index in [1.54, 1.807) is 0 Å². The van der Waals surface area contributed by atoms with Crippen LogP contribution in [0.4, 0.5) is 0 Å². The van der Waals surface area contributed by atoms with Crippen molar-refractivity contribution in [2.75, 3.05) is 13.1 Å². The van der Waals surface area contributed by atoms with Gasteiger partial charge in [-0.1, -0.05) is 13.8 Å². The third-order valence-electron chi connectivity index (χ3n) is 4.63. The van der Waals surface area contributed by atoms with Gasteiger partial charge in [-0.15, -0.1) is 0 Å². The van der Waals surface area contributed by atoms with Crippen molar-refractivity contribution in [1.29, 1.82) is 0 Å². The first-order valence-electron chi connectivity index (χ1n) is 9.61. The van der Waals surface area contributed by atoms with Crippen LogP contribution in [0.15, 0.2) is 0 Å². The number of carboxylic acids is 2. The van der Waals surface area contributed by atoms with E-state index in [1.807, 2.05) is 13.8 Å². The normalized spacial score (nSPS) is 18.2. The molecule has 0 aromatic rings. The maximum absolute atomic E-state index is 12.9. The van der Waals surface area contributed by atoms with Crippen molar-refractivity contribution in [2.45, 2.75) is 64.1 Å². The molecule has 6 N–H and O–H groups in total. The van der Waals surface area contributed by atoms with E-state index >= 15 is 0 Å². The Hall–Kier alpha value is -2.69. The molecule has 0 spiro atoms. The Morgan fingerprint density at radius 2 is 1.76 bits per heavy atom. The van der Waals surface area contributed by atoms with Crippen LogP contribution < -0.4 is 16.4 Å². The van der Waals surface area contributed by atoms with Crippen molar-refractivity contribution in [2.24, 2.45) is 11.7 Å². The number of likely N-dealkylation sites (tertiary alicyclic amines) is 1. The van der Waals surface area contributed by atoms with Crippen LogP contribution in [0.3, 0.4) is 0 Å². The SMILES string of the molecule is CC(C)CC(NC(=O)C(CCC(=O)O)NC(=O)CN)C(=O)N1CCCC1C(=O)O. The molecule has 164 valence electrons. The van der Waals surface area contributed by atoms with Gasteiger partial charge in [0.2, 0.25) is 17.7 Å². The predicted octanol–water partition coefficient (Wildman–Crippen LogP) is -1.10. The zero-order valence-electron chi connectivity index (χ0n) is 16.7. The predicted molar refractivity (Wildman–Crippen MR) is 102 cm³/mol. The Bertz CT molecular complexity index is 638. The summed E-state index contributed by atoms with van der Waals surface area (Å²) in [5, 5.41) is 23.1. The number of hydrogen-bond donors (Lipinski definition) is 5. The summed E-state index contributed by atoms with van der Waals surface area (Å²) in [6.07, 6.45) is 0.635. The van der Waals surface area contributed by atoms with Crippen molar-refractivity contribution in [3.8, 4) is 0 Å². The highest BCUT2D eigenvalue weighted by Crippen LogP contribution is 2.20. The number of nitrogens with zero attached hydrogens (tertiary/aromatic N) is 1. The minimum Gasteiger partial charge on any atom is -0.481 e. The van der Waals surface area contributed by atoms with Crippen LogP contribution in [0.25, 0.3) is 0 Å². The molecule has 0 aromatic carbocycles. The van der Waals surface area contributed by atoms with Gasteiger partial charge in [0.15, 0.2) is 0 Å². The fourth-order valence-electron chi connectivity index (χ4n) is 3.24. The van der Waals surface area contributed by atoms with Gasteiger partial charge in [-0.2, -0.15) is 0 Å². The number of rotatable bonds is 11. The van der Waals surface area contributed by atoms with Gasteiger partial charge in [0, 0.05) is 13.0 Å². The third kappa shape index (κ3) is 7.68. The summed E-state index contributed by atoms with van der Waals surface area (Å²) in [4.78, 5) is 60.7. The molecule has 0 saturated carbocycles. The molecule has 0 aromatic heterocycles. The highest BCUT2D eigenvalue weighted by atomic mass is 16.4. The van der Waals surface area contributed by atoms with E-state index in [0.29, 0.717) is 12.8 Å². The van der Waals surface area contributed by atoms with Crippen molar-refractivity contribution < 1.29 is 34.2 Å². The topological polar surface area (TPSA) is 179 Å². The smallest absolute Gasteiger partial charge is 0.326 e. The Morgan fingerprint density at radius 1 is 1.10 bits per heavy atom. The number of carbonyl (C=O) groups excluding carboxylic acids is 3. The number of aliphatic carboxylic acids is 2. The summed E-state index contributed by atoms with van der Waals surface area (Å²) in [5.41, 5.74) is 5.24. The minimum absolute atomic E-state index is 0.0197. The molecule has 0 bridgehead atoms. The van der Waals surface area contributed by atoms with Crippen LogP contribution in [0.5, 0.6) is 0 Å². The highest BCUT2D eigenvalue weighted by Gasteiger charge is 2.38. The number of hydrogen-bond acceptors (Lipinski definition) is 6. The van der Waals surface area contributed by atoms with Gasteiger partial charge < -0.3 is 31.5 Å². The van der Waals surface area contributed by atoms with Crippen LogP contribution >= 0.6 is 0 Å². The summed E-state index contributed by atoms with van der Waals surface area (Å²) in [5.74, 6) is -4.06. The van der Waals surface area contributed by atoms with Crippen LogP contribution in [0.2, 0.25) is 0 Å². The Balaban J connectivity index is 2.96. The molecule has 1 heterocycles. The Labute approximate surface area is 169 Å². The molecule has 3 atom stereocenters. The molecule has 1 fully saturated rings. The molecule has 0 radical (unpaired) electrons. The standard InChI is InChI=1S/C18H30N4O7/c1-10(2)8-12(17(27)22-7-3-4-13(22)18(28)29)21-16(26)11(5-6-15(24)25)20-14(23)9-19/h10-13H,3-9,19H2,1-2H3,(H,20,23)(H,21,26)(H,24,25)(H,28,29). The van der Waals surface area contributed by atoms with E-state index in [1.165, 1.54) is 4.90 Å². The summed E-state index contributed by atoms with van der Waals surface area (Å²) in [6, 6.07) is -3.09. The lowest BCUT2D eigenvalue weighted by atomic mass is 10.0. The van der Waals surface area contributed by atoms with Gasteiger partial charge >= 0.3 is 11.9 Å².